The van der Waals surface area contributed by atoms with E-state index in [0.717, 1.165) is 10.4 Å². The zero-order chi connectivity index (χ0) is 18.8. The summed E-state index contributed by atoms with van der Waals surface area (Å²) in [6.45, 7) is 0. The minimum atomic E-state index is -0.479. The van der Waals surface area contributed by atoms with Crippen LogP contribution in [0.1, 0.15) is 0 Å². The largest absolute Gasteiger partial charge is 0.481 e. The maximum atomic E-state index is 13.3. The molecule has 2 N–H and O–H groups in total. The van der Waals surface area contributed by atoms with Gasteiger partial charge in [-0.2, -0.15) is 4.98 Å². The lowest BCUT2D eigenvalue weighted by atomic mass is 10.3. The van der Waals surface area contributed by atoms with Gasteiger partial charge in [-0.25, -0.2) is 19.3 Å². The Labute approximate surface area is 162 Å². The van der Waals surface area contributed by atoms with Gasteiger partial charge in [0.1, 0.15) is 16.8 Å². The molecule has 0 atom stereocenters. The fourth-order valence-electron chi connectivity index (χ4n) is 2.31. The van der Waals surface area contributed by atoms with E-state index >= 15 is 0 Å². The molecule has 0 radical (unpaired) electrons. The summed E-state index contributed by atoms with van der Waals surface area (Å²) in [5.41, 5.74) is 1.92. The molecule has 3 heterocycles. The monoisotopic (exact) mass is 402 g/mol. The number of hydrogen-bond acceptors (Lipinski definition) is 8. The molecule has 136 valence electrons. The molecule has 0 unspecified atom stereocenters. The number of nitrogens with zero attached hydrogens (tertiary/aromatic N) is 4. The third kappa shape index (κ3) is 3.74. The maximum Gasteiger partial charge on any atom is 0.213 e. The summed E-state index contributed by atoms with van der Waals surface area (Å²) in [7, 11) is 1.56. The molecule has 10 heteroatoms. The minimum absolute atomic E-state index is 0.0315. The Hall–Kier alpha value is -3.04. The molecule has 0 fully saturated rings. The Bertz CT molecular complexity index is 1100. The van der Waals surface area contributed by atoms with Gasteiger partial charge in [0, 0.05) is 11.8 Å². The van der Waals surface area contributed by atoms with Crippen LogP contribution in [0, 0.1) is 5.82 Å². The predicted molar refractivity (Wildman–Crippen MR) is 104 cm³/mol. The highest BCUT2D eigenvalue weighted by atomic mass is 35.5. The average Bonchev–Trinajstić information content (AvgIpc) is 3.09. The van der Waals surface area contributed by atoms with Gasteiger partial charge in [0.15, 0.2) is 16.6 Å². The van der Waals surface area contributed by atoms with E-state index in [2.05, 4.69) is 30.6 Å². The van der Waals surface area contributed by atoms with Crippen molar-refractivity contribution >= 4 is 55.6 Å². The van der Waals surface area contributed by atoms with Gasteiger partial charge in [-0.15, -0.1) is 0 Å². The highest BCUT2D eigenvalue weighted by Gasteiger charge is 2.12. The number of anilines is 4. The lowest BCUT2D eigenvalue weighted by Gasteiger charge is -2.06. The summed E-state index contributed by atoms with van der Waals surface area (Å²) in [5, 5.41) is 6.96. The van der Waals surface area contributed by atoms with Crippen LogP contribution >= 0.6 is 22.9 Å². The van der Waals surface area contributed by atoms with Crippen molar-refractivity contribution in [2.24, 2.45) is 0 Å². The third-order valence-electron chi connectivity index (χ3n) is 3.57. The molecular formula is C17H12ClFN6OS. The number of rotatable bonds is 5. The number of hydrogen-bond donors (Lipinski definition) is 2. The zero-order valence-electron chi connectivity index (χ0n) is 13.9. The Morgan fingerprint density at radius 1 is 1.07 bits per heavy atom. The fraction of sp³-hybridized carbons (Fsp3) is 0.0588. The van der Waals surface area contributed by atoms with Gasteiger partial charge in [0.25, 0.3) is 0 Å². The van der Waals surface area contributed by atoms with Crippen molar-refractivity contribution in [1.29, 1.82) is 0 Å². The normalized spacial score (nSPS) is 10.8. The third-order valence-corrected chi connectivity index (χ3v) is 4.83. The number of aromatic nitrogens is 4. The highest BCUT2D eigenvalue weighted by Crippen LogP contribution is 2.33. The first-order valence-corrected chi connectivity index (χ1v) is 8.92. The summed E-state index contributed by atoms with van der Waals surface area (Å²) in [6, 6.07) is 7.95. The van der Waals surface area contributed by atoms with E-state index in [0.29, 0.717) is 28.2 Å². The lowest BCUT2D eigenvalue weighted by Crippen LogP contribution is -1.95. The number of ether oxygens (including phenoxy) is 1. The molecule has 0 amide bonds. The second-order valence-corrected chi connectivity index (χ2v) is 6.77. The summed E-state index contributed by atoms with van der Waals surface area (Å²) in [6.07, 6.45) is 3.06. The smallest absolute Gasteiger partial charge is 0.213 e. The molecule has 0 bridgehead atoms. The van der Waals surface area contributed by atoms with E-state index in [1.54, 1.807) is 25.4 Å². The molecule has 0 aliphatic rings. The van der Waals surface area contributed by atoms with Crippen molar-refractivity contribution < 1.29 is 9.13 Å². The first kappa shape index (κ1) is 17.4. The topological polar surface area (TPSA) is 84.8 Å². The first-order chi connectivity index (χ1) is 13.1. The van der Waals surface area contributed by atoms with Crippen LogP contribution in [0.3, 0.4) is 0 Å². The Balaban J connectivity index is 1.62. The van der Waals surface area contributed by atoms with Crippen molar-refractivity contribution in [3.8, 4) is 5.88 Å². The molecular weight excluding hydrogens is 391 g/mol. The van der Waals surface area contributed by atoms with Crippen molar-refractivity contribution in [2.45, 2.75) is 0 Å². The average molecular weight is 403 g/mol. The quantitative estimate of drug-likeness (QED) is 0.497. The van der Waals surface area contributed by atoms with E-state index in [1.165, 1.54) is 29.8 Å². The second-order valence-electron chi connectivity index (χ2n) is 5.36. The first-order valence-electron chi connectivity index (χ1n) is 7.73. The Kier molecular flexibility index (Phi) is 4.69. The molecule has 0 aliphatic heterocycles. The van der Waals surface area contributed by atoms with Crippen LogP contribution in [0.15, 0.2) is 42.9 Å². The standard InChI is InChI=1S/C17H12ClFN6OS/c1-26-13-5-3-10(7-20-13)24-17-25-16-14(27-17)15(21-8-22-16)23-9-2-4-12(19)11(18)6-9/h2-8H,1H3,(H2,21,22,23,24,25). The van der Waals surface area contributed by atoms with Crippen molar-refractivity contribution in [1.82, 2.24) is 19.9 Å². The van der Waals surface area contributed by atoms with Crippen LogP contribution in [0.5, 0.6) is 5.88 Å². The Morgan fingerprint density at radius 3 is 2.67 bits per heavy atom. The molecule has 4 rings (SSSR count). The molecule has 0 saturated carbocycles. The Morgan fingerprint density at radius 2 is 1.93 bits per heavy atom. The lowest BCUT2D eigenvalue weighted by molar-refractivity contribution is 0.398. The number of pyridine rings is 1. The summed E-state index contributed by atoms with van der Waals surface area (Å²) in [4.78, 5) is 17.0. The molecule has 27 heavy (non-hydrogen) atoms. The fourth-order valence-corrected chi connectivity index (χ4v) is 3.37. The van der Waals surface area contributed by atoms with Crippen molar-refractivity contribution in [3.05, 3.63) is 53.7 Å². The van der Waals surface area contributed by atoms with Crippen LogP contribution in [-0.4, -0.2) is 27.0 Å². The summed E-state index contributed by atoms with van der Waals surface area (Å²) in [5.74, 6) is 0.605. The molecule has 4 aromatic rings. The number of nitrogens with one attached hydrogen (secondary N) is 2. The van der Waals surface area contributed by atoms with Crippen LogP contribution in [0.25, 0.3) is 10.3 Å². The molecule has 0 spiro atoms. The van der Waals surface area contributed by atoms with Gasteiger partial charge in [0.05, 0.1) is 24.0 Å². The number of benzene rings is 1. The molecule has 7 nitrogen and oxygen atoms in total. The van der Waals surface area contributed by atoms with Crippen LogP contribution in [0.4, 0.5) is 26.7 Å². The van der Waals surface area contributed by atoms with E-state index in [9.17, 15) is 4.39 Å². The van der Waals surface area contributed by atoms with Gasteiger partial charge in [-0.05, 0) is 24.3 Å². The molecule has 1 aromatic carbocycles. The van der Waals surface area contributed by atoms with Crippen LogP contribution in [0.2, 0.25) is 5.02 Å². The van der Waals surface area contributed by atoms with E-state index in [4.69, 9.17) is 16.3 Å². The molecule has 0 saturated heterocycles. The van der Waals surface area contributed by atoms with Gasteiger partial charge in [-0.1, -0.05) is 22.9 Å². The van der Waals surface area contributed by atoms with Crippen LogP contribution < -0.4 is 15.4 Å². The highest BCUT2D eigenvalue weighted by molar-refractivity contribution is 7.22. The SMILES string of the molecule is COc1ccc(Nc2nc3ncnc(Nc4ccc(F)c(Cl)c4)c3s2)cn1. The number of halogens is 2. The van der Waals surface area contributed by atoms with E-state index in [-0.39, 0.29) is 5.02 Å². The number of thiazole rings is 1. The van der Waals surface area contributed by atoms with E-state index < -0.39 is 5.82 Å². The zero-order valence-corrected chi connectivity index (χ0v) is 15.5. The molecule has 3 aromatic heterocycles. The predicted octanol–water partition coefficient (Wildman–Crippen LogP) is 4.77. The summed E-state index contributed by atoms with van der Waals surface area (Å²) < 4.78 is 19.1. The minimum Gasteiger partial charge on any atom is -0.481 e. The van der Waals surface area contributed by atoms with Crippen LogP contribution in [-0.2, 0) is 0 Å². The number of methoxy groups -OCH3 is 1. The van der Waals surface area contributed by atoms with Gasteiger partial charge in [0.2, 0.25) is 5.88 Å². The number of fused-ring (bicyclic) bond motifs is 1. The van der Waals surface area contributed by atoms with Crippen molar-refractivity contribution in [2.75, 3.05) is 17.7 Å². The molecule has 0 aliphatic carbocycles. The summed E-state index contributed by atoms with van der Waals surface area (Å²) >= 11 is 7.21. The maximum absolute atomic E-state index is 13.3. The van der Waals surface area contributed by atoms with Gasteiger partial charge in [-0.3, -0.25) is 0 Å². The van der Waals surface area contributed by atoms with E-state index in [1.807, 2.05) is 6.07 Å². The van der Waals surface area contributed by atoms with Gasteiger partial charge >= 0.3 is 0 Å². The van der Waals surface area contributed by atoms with Crippen molar-refractivity contribution in [3.63, 3.8) is 0 Å². The van der Waals surface area contributed by atoms with Gasteiger partial charge < -0.3 is 15.4 Å². The second kappa shape index (κ2) is 7.29.